The van der Waals surface area contributed by atoms with E-state index in [1.54, 1.807) is 0 Å². The molecule has 0 aromatic rings. The van der Waals surface area contributed by atoms with E-state index in [0.717, 1.165) is 23.8 Å². The van der Waals surface area contributed by atoms with Crippen LogP contribution in [0.4, 0.5) is 0 Å². The standard InChI is InChI=1S/C16H31N/c1-5-10-17-15(16(4)8-9-16)14-7-6-12(2)13(3)11-14/h12-15,17H,5-11H2,1-4H3. The topological polar surface area (TPSA) is 12.0 Å². The third-order valence-corrected chi connectivity index (χ3v) is 5.51. The maximum Gasteiger partial charge on any atom is 0.0149 e. The number of rotatable bonds is 5. The molecule has 17 heavy (non-hydrogen) atoms. The summed E-state index contributed by atoms with van der Waals surface area (Å²) in [4.78, 5) is 0. The smallest absolute Gasteiger partial charge is 0.0149 e. The minimum atomic E-state index is 0.639. The predicted molar refractivity (Wildman–Crippen MR) is 75.1 cm³/mol. The Morgan fingerprint density at radius 1 is 1.18 bits per heavy atom. The maximum atomic E-state index is 3.88. The highest BCUT2D eigenvalue weighted by Gasteiger charge is 2.48. The fourth-order valence-electron chi connectivity index (χ4n) is 3.68. The Balaban J connectivity index is 1.95. The molecular weight excluding hydrogens is 206 g/mol. The zero-order valence-electron chi connectivity index (χ0n) is 12.3. The normalized spacial score (nSPS) is 37.8. The predicted octanol–water partition coefficient (Wildman–Crippen LogP) is 4.23. The number of hydrogen-bond acceptors (Lipinski definition) is 1. The first kappa shape index (κ1) is 13.4. The zero-order valence-corrected chi connectivity index (χ0v) is 12.3. The highest BCUT2D eigenvalue weighted by Crippen LogP contribution is 2.52. The van der Waals surface area contributed by atoms with E-state index >= 15 is 0 Å². The van der Waals surface area contributed by atoms with Crippen LogP contribution in [-0.2, 0) is 0 Å². The van der Waals surface area contributed by atoms with E-state index < -0.39 is 0 Å². The number of hydrogen-bond donors (Lipinski definition) is 1. The van der Waals surface area contributed by atoms with E-state index in [-0.39, 0.29) is 0 Å². The van der Waals surface area contributed by atoms with Crippen LogP contribution in [0.3, 0.4) is 0 Å². The number of nitrogens with one attached hydrogen (secondary N) is 1. The van der Waals surface area contributed by atoms with Crippen LogP contribution in [-0.4, -0.2) is 12.6 Å². The summed E-state index contributed by atoms with van der Waals surface area (Å²) in [5.41, 5.74) is 0.639. The summed E-state index contributed by atoms with van der Waals surface area (Å²) in [6.07, 6.45) is 8.54. The van der Waals surface area contributed by atoms with E-state index in [2.05, 4.69) is 33.0 Å². The molecule has 0 amide bonds. The van der Waals surface area contributed by atoms with Gasteiger partial charge in [-0.25, -0.2) is 0 Å². The second-order valence-electron chi connectivity index (χ2n) is 7.11. The van der Waals surface area contributed by atoms with Crippen LogP contribution in [0, 0.1) is 23.2 Å². The van der Waals surface area contributed by atoms with Gasteiger partial charge in [0, 0.05) is 6.04 Å². The van der Waals surface area contributed by atoms with Gasteiger partial charge in [-0.1, -0.05) is 34.1 Å². The quantitative estimate of drug-likeness (QED) is 0.754. The fraction of sp³-hybridized carbons (Fsp3) is 1.00. The van der Waals surface area contributed by atoms with Gasteiger partial charge in [-0.05, 0) is 61.8 Å². The monoisotopic (exact) mass is 237 g/mol. The van der Waals surface area contributed by atoms with Crippen molar-refractivity contribution in [1.29, 1.82) is 0 Å². The highest BCUT2D eigenvalue weighted by molar-refractivity contribution is 5.02. The lowest BCUT2D eigenvalue weighted by Gasteiger charge is -2.40. The van der Waals surface area contributed by atoms with Crippen molar-refractivity contribution >= 4 is 0 Å². The van der Waals surface area contributed by atoms with Gasteiger partial charge in [0.2, 0.25) is 0 Å². The van der Waals surface area contributed by atoms with Crippen LogP contribution in [0.5, 0.6) is 0 Å². The van der Waals surface area contributed by atoms with Gasteiger partial charge < -0.3 is 5.32 Å². The molecule has 100 valence electrons. The van der Waals surface area contributed by atoms with Crippen LogP contribution in [0.15, 0.2) is 0 Å². The molecule has 0 heterocycles. The van der Waals surface area contributed by atoms with Crippen molar-refractivity contribution in [2.45, 2.75) is 72.3 Å². The molecule has 1 nitrogen and oxygen atoms in total. The Morgan fingerprint density at radius 2 is 1.88 bits per heavy atom. The summed E-state index contributed by atoms with van der Waals surface area (Å²) in [7, 11) is 0. The summed E-state index contributed by atoms with van der Waals surface area (Å²) in [6, 6.07) is 0.803. The molecule has 2 aliphatic carbocycles. The highest BCUT2D eigenvalue weighted by atomic mass is 15.0. The Morgan fingerprint density at radius 3 is 2.41 bits per heavy atom. The molecule has 0 spiro atoms. The minimum Gasteiger partial charge on any atom is -0.313 e. The van der Waals surface area contributed by atoms with Crippen molar-refractivity contribution in [3.63, 3.8) is 0 Å². The average Bonchev–Trinajstić information content (AvgIpc) is 3.03. The van der Waals surface area contributed by atoms with Gasteiger partial charge in [0.15, 0.2) is 0 Å². The molecule has 0 radical (unpaired) electrons. The SMILES string of the molecule is CCCNC(C1CCC(C)C(C)C1)C1(C)CC1. The molecule has 4 atom stereocenters. The first-order valence-corrected chi connectivity index (χ1v) is 7.80. The molecule has 0 bridgehead atoms. The first-order valence-electron chi connectivity index (χ1n) is 7.80. The second kappa shape index (κ2) is 5.30. The van der Waals surface area contributed by atoms with Crippen LogP contribution >= 0.6 is 0 Å². The molecule has 2 saturated carbocycles. The molecule has 1 heteroatoms. The van der Waals surface area contributed by atoms with Gasteiger partial charge in [-0.15, -0.1) is 0 Å². The average molecular weight is 237 g/mol. The van der Waals surface area contributed by atoms with E-state index in [4.69, 9.17) is 0 Å². The largest absolute Gasteiger partial charge is 0.313 e. The lowest BCUT2D eigenvalue weighted by molar-refractivity contribution is 0.137. The van der Waals surface area contributed by atoms with Gasteiger partial charge >= 0.3 is 0 Å². The lowest BCUT2D eigenvalue weighted by atomic mass is 9.70. The molecule has 2 fully saturated rings. The van der Waals surface area contributed by atoms with Gasteiger partial charge in [-0.2, -0.15) is 0 Å². The Labute approximate surface area is 108 Å². The molecule has 4 unspecified atom stereocenters. The molecule has 2 rings (SSSR count). The third kappa shape index (κ3) is 3.05. The molecular formula is C16H31N. The second-order valence-corrected chi connectivity index (χ2v) is 7.11. The van der Waals surface area contributed by atoms with Crippen molar-refractivity contribution in [3.8, 4) is 0 Å². The third-order valence-electron chi connectivity index (χ3n) is 5.51. The molecule has 0 aliphatic heterocycles. The maximum absolute atomic E-state index is 3.88. The summed E-state index contributed by atoms with van der Waals surface area (Å²) in [6.45, 7) is 10.9. The van der Waals surface area contributed by atoms with Gasteiger partial charge in [0.05, 0.1) is 0 Å². The van der Waals surface area contributed by atoms with Crippen molar-refractivity contribution < 1.29 is 0 Å². The van der Waals surface area contributed by atoms with Gasteiger partial charge in [0.1, 0.15) is 0 Å². The molecule has 0 aromatic heterocycles. The van der Waals surface area contributed by atoms with Crippen molar-refractivity contribution in [2.75, 3.05) is 6.54 Å². The molecule has 0 aromatic carbocycles. The zero-order chi connectivity index (χ0) is 12.5. The van der Waals surface area contributed by atoms with Crippen molar-refractivity contribution in [2.24, 2.45) is 23.2 Å². The van der Waals surface area contributed by atoms with Gasteiger partial charge in [0.25, 0.3) is 0 Å². The summed E-state index contributed by atoms with van der Waals surface area (Å²) >= 11 is 0. The summed E-state index contributed by atoms with van der Waals surface area (Å²) in [5.74, 6) is 2.83. The molecule has 2 aliphatic rings. The molecule has 0 saturated heterocycles. The van der Waals surface area contributed by atoms with Crippen LogP contribution in [0.25, 0.3) is 0 Å². The molecule has 1 N–H and O–H groups in total. The van der Waals surface area contributed by atoms with E-state index in [0.29, 0.717) is 5.41 Å². The first-order chi connectivity index (χ1) is 8.07. The van der Waals surface area contributed by atoms with E-state index in [1.807, 2.05) is 0 Å². The van der Waals surface area contributed by atoms with Gasteiger partial charge in [-0.3, -0.25) is 0 Å². The van der Waals surface area contributed by atoms with Crippen LogP contribution in [0.1, 0.15) is 66.2 Å². The lowest BCUT2D eigenvalue weighted by Crippen LogP contribution is -2.45. The Hall–Kier alpha value is -0.0400. The van der Waals surface area contributed by atoms with Crippen molar-refractivity contribution in [1.82, 2.24) is 5.32 Å². The fourth-order valence-corrected chi connectivity index (χ4v) is 3.68. The van der Waals surface area contributed by atoms with Crippen LogP contribution in [0.2, 0.25) is 0 Å². The van der Waals surface area contributed by atoms with E-state index in [1.165, 1.54) is 45.1 Å². The van der Waals surface area contributed by atoms with Crippen molar-refractivity contribution in [3.05, 3.63) is 0 Å². The summed E-state index contributed by atoms with van der Waals surface area (Å²) in [5, 5.41) is 3.88. The van der Waals surface area contributed by atoms with E-state index in [9.17, 15) is 0 Å². The Bertz CT molecular complexity index is 244. The Kier molecular flexibility index (Phi) is 4.18. The minimum absolute atomic E-state index is 0.639. The summed E-state index contributed by atoms with van der Waals surface area (Å²) < 4.78 is 0. The van der Waals surface area contributed by atoms with Crippen LogP contribution < -0.4 is 5.32 Å².